The number of carbonyl (C=O) groups is 1. The quantitative estimate of drug-likeness (QED) is 0.508. The van der Waals surface area contributed by atoms with Gasteiger partial charge < -0.3 is 14.2 Å². The molecule has 5 nitrogen and oxygen atoms in total. The van der Waals surface area contributed by atoms with Gasteiger partial charge in [-0.15, -0.1) is 0 Å². The first kappa shape index (κ1) is 20.5. The number of aromatic nitrogens is 2. The summed E-state index contributed by atoms with van der Waals surface area (Å²) in [6.07, 6.45) is 7.13. The molecule has 2 aliphatic heterocycles. The van der Waals surface area contributed by atoms with Gasteiger partial charge >= 0.3 is 0 Å². The van der Waals surface area contributed by atoms with Crippen LogP contribution in [0.25, 0.3) is 11.4 Å². The van der Waals surface area contributed by atoms with E-state index in [9.17, 15) is 4.79 Å². The summed E-state index contributed by atoms with van der Waals surface area (Å²) in [6.45, 7) is 1.43. The highest BCUT2D eigenvalue weighted by molar-refractivity contribution is 9.10. The average molecular weight is 480 g/mol. The molecule has 2 aromatic carbocycles. The molecule has 6 heteroatoms. The number of halogens is 1. The van der Waals surface area contributed by atoms with Crippen LogP contribution in [0.2, 0.25) is 0 Å². The number of rotatable bonds is 6. The topological polar surface area (TPSA) is 47.4 Å². The Labute approximate surface area is 191 Å². The summed E-state index contributed by atoms with van der Waals surface area (Å²) in [6, 6.07) is 17.1. The first-order chi connectivity index (χ1) is 15.1. The fraction of sp³-hybridized carbons (Fsp3) is 0.360. The Morgan fingerprint density at radius 3 is 2.84 bits per heavy atom. The van der Waals surface area contributed by atoms with Gasteiger partial charge in [0.2, 0.25) is 5.91 Å². The van der Waals surface area contributed by atoms with Crippen LogP contribution in [-0.2, 0) is 15.1 Å². The van der Waals surface area contributed by atoms with Gasteiger partial charge in [0.15, 0.2) is 0 Å². The molecule has 1 aromatic heterocycles. The zero-order chi connectivity index (χ0) is 21.4. The van der Waals surface area contributed by atoms with E-state index < -0.39 is 5.54 Å². The number of ether oxygens (including phenoxy) is 1. The van der Waals surface area contributed by atoms with Gasteiger partial charge in [0.1, 0.15) is 5.82 Å². The van der Waals surface area contributed by atoms with Gasteiger partial charge in [-0.1, -0.05) is 52.3 Å². The molecule has 0 radical (unpaired) electrons. The van der Waals surface area contributed by atoms with Gasteiger partial charge in [0, 0.05) is 42.5 Å². The summed E-state index contributed by atoms with van der Waals surface area (Å²) >= 11 is 3.56. The van der Waals surface area contributed by atoms with E-state index in [0.29, 0.717) is 19.4 Å². The van der Waals surface area contributed by atoms with E-state index in [2.05, 4.69) is 74.0 Å². The van der Waals surface area contributed by atoms with Crippen LogP contribution in [-0.4, -0.2) is 46.7 Å². The lowest BCUT2D eigenvalue weighted by molar-refractivity contribution is -0.133. The lowest BCUT2D eigenvalue weighted by Crippen LogP contribution is -2.40. The molecule has 0 spiro atoms. The lowest BCUT2D eigenvalue weighted by atomic mass is 9.79. The molecular weight excluding hydrogens is 454 g/mol. The van der Waals surface area contributed by atoms with Crippen molar-refractivity contribution in [3.63, 3.8) is 0 Å². The van der Waals surface area contributed by atoms with Gasteiger partial charge in [-0.3, -0.25) is 4.79 Å². The molecule has 5 rings (SSSR count). The third-order valence-corrected chi connectivity index (χ3v) is 7.27. The zero-order valence-corrected chi connectivity index (χ0v) is 19.2. The molecule has 0 bridgehead atoms. The summed E-state index contributed by atoms with van der Waals surface area (Å²) in [4.78, 5) is 20.0. The molecule has 1 fully saturated rings. The highest BCUT2D eigenvalue weighted by Crippen LogP contribution is 2.49. The maximum Gasteiger partial charge on any atom is 0.223 e. The number of fused-ring (bicyclic) bond motifs is 3. The summed E-state index contributed by atoms with van der Waals surface area (Å²) in [5, 5.41) is 0. The Kier molecular flexibility index (Phi) is 5.44. The van der Waals surface area contributed by atoms with Crippen LogP contribution in [0.1, 0.15) is 36.8 Å². The Hall–Kier alpha value is -2.44. The number of methoxy groups -OCH3 is 1. The van der Waals surface area contributed by atoms with Crippen molar-refractivity contribution in [2.24, 2.45) is 0 Å². The molecule has 1 saturated heterocycles. The van der Waals surface area contributed by atoms with Crippen molar-refractivity contribution in [2.45, 2.75) is 37.3 Å². The van der Waals surface area contributed by atoms with Crippen molar-refractivity contribution in [2.75, 3.05) is 20.3 Å². The highest BCUT2D eigenvalue weighted by atomic mass is 79.9. The Morgan fingerprint density at radius 2 is 2.03 bits per heavy atom. The standard InChI is InChI=1S/C25H26BrN3O2/c1-31-17-20-5-4-15-28(20)23(30)12-13-25(18-8-10-19(26)11-9-18)22-7-3-2-6-21(22)24-27-14-16-29(24)25/h2-3,6-11,14,16,20H,4-5,12-13,15,17H2,1H3. The molecule has 160 valence electrons. The molecule has 3 aromatic rings. The van der Waals surface area contributed by atoms with E-state index >= 15 is 0 Å². The maximum absolute atomic E-state index is 13.3. The van der Waals surface area contributed by atoms with Crippen molar-refractivity contribution in [3.8, 4) is 11.4 Å². The van der Waals surface area contributed by atoms with E-state index in [1.54, 1.807) is 7.11 Å². The van der Waals surface area contributed by atoms with Gasteiger partial charge in [-0.05, 0) is 42.5 Å². The Balaban J connectivity index is 1.54. The maximum atomic E-state index is 13.3. The largest absolute Gasteiger partial charge is 0.383 e. The summed E-state index contributed by atoms with van der Waals surface area (Å²) in [5.41, 5.74) is 3.07. The van der Waals surface area contributed by atoms with Crippen molar-refractivity contribution < 1.29 is 9.53 Å². The summed E-state index contributed by atoms with van der Waals surface area (Å²) in [7, 11) is 1.71. The van der Waals surface area contributed by atoms with E-state index in [-0.39, 0.29) is 11.9 Å². The number of imidazole rings is 1. The molecular formula is C25H26BrN3O2. The summed E-state index contributed by atoms with van der Waals surface area (Å²) in [5.74, 6) is 1.17. The SMILES string of the molecule is COCC1CCCN1C(=O)CCC1(c2ccc(Br)cc2)c2ccccc2-c2nccn21. The molecule has 2 aliphatic rings. The molecule has 0 saturated carbocycles. The minimum Gasteiger partial charge on any atom is -0.383 e. The molecule has 2 atom stereocenters. The average Bonchev–Trinajstić information content (AvgIpc) is 3.50. The third kappa shape index (κ3) is 3.33. The fourth-order valence-corrected chi connectivity index (χ4v) is 5.62. The second-order valence-corrected chi connectivity index (χ2v) is 9.29. The molecule has 1 amide bonds. The normalized spacial score (nSPS) is 21.9. The first-order valence-electron chi connectivity index (χ1n) is 10.8. The van der Waals surface area contributed by atoms with Crippen LogP contribution in [0.4, 0.5) is 0 Å². The predicted molar refractivity (Wildman–Crippen MR) is 124 cm³/mol. The Bertz CT molecular complexity index is 1090. The van der Waals surface area contributed by atoms with Gasteiger partial charge in [0.25, 0.3) is 0 Å². The number of likely N-dealkylation sites (tertiary alicyclic amines) is 1. The van der Waals surface area contributed by atoms with Gasteiger partial charge in [-0.2, -0.15) is 0 Å². The number of benzene rings is 2. The van der Waals surface area contributed by atoms with E-state index in [1.807, 2.05) is 17.3 Å². The fourth-order valence-electron chi connectivity index (χ4n) is 5.36. The van der Waals surface area contributed by atoms with Crippen LogP contribution in [0.5, 0.6) is 0 Å². The van der Waals surface area contributed by atoms with Crippen LogP contribution in [0, 0.1) is 0 Å². The molecule has 3 heterocycles. The van der Waals surface area contributed by atoms with Crippen LogP contribution in [0.15, 0.2) is 65.4 Å². The predicted octanol–water partition coefficient (Wildman–Crippen LogP) is 4.84. The second kappa shape index (κ2) is 8.24. The first-order valence-corrected chi connectivity index (χ1v) is 11.6. The number of nitrogens with zero attached hydrogens (tertiary/aromatic N) is 3. The van der Waals surface area contributed by atoms with E-state index in [4.69, 9.17) is 4.74 Å². The number of hydrogen-bond donors (Lipinski definition) is 0. The van der Waals surface area contributed by atoms with Crippen molar-refractivity contribution in [3.05, 3.63) is 76.5 Å². The zero-order valence-electron chi connectivity index (χ0n) is 17.6. The van der Waals surface area contributed by atoms with Gasteiger partial charge in [-0.25, -0.2) is 4.98 Å². The third-order valence-electron chi connectivity index (χ3n) is 6.74. The summed E-state index contributed by atoms with van der Waals surface area (Å²) < 4.78 is 8.65. The highest BCUT2D eigenvalue weighted by Gasteiger charge is 2.45. The number of amides is 1. The smallest absolute Gasteiger partial charge is 0.223 e. The van der Waals surface area contributed by atoms with Crippen LogP contribution < -0.4 is 0 Å². The second-order valence-electron chi connectivity index (χ2n) is 8.37. The minimum atomic E-state index is -0.449. The Morgan fingerprint density at radius 1 is 1.23 bits per heavy atom. The van der Waals surface area contributed by atoms with Crippen LogP contribution in [0.3, 0.4) is 0 Å². The molecule has 31 heavy (non-hydrogen) atoms. The van der Waals surface area contributed by atoms with E-state index in [1.165, 1.54) is 11.1 Å². The molecule has 0 aliphatic carbocycles. The molecule has 0 N–H and O–H groups in total. The van der Waals surface area contributed by atoms with Crippen LogP contribution >= 0.6 is 15.9 Å². The van der Waals surface area contributed by atoms with Crippen molar-refractivity contribution >= 4 is 21.8 Å². The number of hydrogen-bond acceptors (Lipinski definition) is 3. The van der Waals surface area contributed by atoms with E-state index in [0.717, 1.165) is 35.2 Å². The lowest BCUT2D eigenvalue weighted by Gasteiger charge is -2.34. The van der Waals surface area contributed by atoms with Crippen molar-refractivity contribution in [1.29, 1.82) is 0 Å². The van der Waals surface area contributed by atoms with Crippen molar-refractivity contribution in [1.82, 2.24) is 14.5 Å². The number of carbonyl (C=O) groups excluding carboxylic acids is 1. The van der Waals surface area contributed by atoms with Gasteiger partial charge in [0.05, 0.1) is 18.2 Å². The molecule has 2 unspecified atom stereocenters. The minimum absolute atomic E-state index is 0.195. The monoisotopic (exact) mass is 479 g/mol.